The van der Waals surface area contributed by atoms with Gasteiger partial charge in [-0.25, -0.2) is 19.0 Å². The number of hydrogen-bond acceptors (Lipinski definition) is 11. The van der Waals surface area contributed by atoms with E-state index < -0.39 is 43.5 Å². The Morgan fingerprint density at radius 1 is 0.627 bits per heavy atom. The molecule has 8 N–H and O–H groups in total. The quantitative estimate of drug-likeness (QED) is 0.0757. The van der Waals surface area contributed by atoms with Crippen LogP contribution in [0, 0.1) is 0 Å². The fraction of sp³-hybridized carbons (Fsp3) is 0.158. The van der Waals surface area contributed by atoms with Crippen molar-refractivity contribution in [2.24, 2.45) is 11.5 Å². The van der Waals surface area contributed by atoms with E-state index >= 15 is 0 Å². The number of nitrogens with one attached hydrogen (secondary N) is 4. The summed E-state index contributed by atoms with van der Waals surface area (Å²) in [5.41, 5.74) is 11.6. The Morgan fingerprint density at radius 3 is 1.37 bits per heavy atom. The van der Waals surface area contributed by atoms with Crippen molar-refractivity contribution in [2.45, 2.75) is 25.7 Å². The second-order valence-electron chi connectivity index (χ2n) is 13.0. The third-order valence-corrected chi connectivity index (χ3v) is 11.6. The maximum absolute atomic E-state index is 13.5. The molecule has 4 aromatic carbocycles. The van der Waals surface area contributed by atoms with Gasteiger partial charge in [-0.1, -0.05) is 47.5 Å². The van der Waals surface area contributed by atoms with Crippen LogP contribution >= 0.6 is 23.2 Å². The summed E-state index contributed by atoms with van der Waals surface area (Å²) in [6.45, 7) is 0. The summed E-state index contributed by atoms with van der Waals surface area (Å²) in [6, 6.07) is 18.0. The molecule has 2 amide bonds. The molecule has 308 valence electrons. The van der Waals surface area contributed by atoms with Crippen molar-refractivity contribution in [1.82, 2.24) is 9.44 Å². The van der Waals surface area contributed by atoms with E-state index in [9.17, 15) is 36.0 Å². The summed E-state index contributed by atoms with van der Waals surface area (Å²) in [6.07, 6.45) is -0.862. The zero-order valence-corrected chi connectivity index (χ0v) is 34.1. The van der Waals surface area contributed by atoms with Crippen LogP contribution in [0.15, 0.2) is 91.2 Å². The van der Waals surface area contributed by atoms with Crippen LogP contribution in [-0.4, -0.2) is 42.7 Å². The van der Waals surface area contributed by atoms with Crippen molar-refractivity contribution >= 4 is 88.7 Å². The third kappa shape index (κ3) is 10.0. The first-order chi connectivity index (χ1) is 27.8. The molecule has 21 heteroatoms. The molecular formula is C38H34Cl2N6O11S2. The van der Waals surface area contributed by atoms with E-state index in [1.807, 2.05) is 0 Å². The second kappa shape index (κ2) is 17.1. The molecule has 0 saturated carbocycles. The number of carbonyl (C=O) groups is 2. The molecule has 0 aliphatic heterocycles. The molecule has 0 spiro atoms. The lowest BCUT2D eigenvalue weighted by molar-refractivity contribution is -0.118. The van der Waals surface area contributed by atoms with E-state index in [1.54, 1.807) is 24.3 Å². The number of amides is 2. The molecule has 0 unspecified atom stereocenters. The van der Waals surface area contributed by atoms with E-state index in [1.165, 1.54) is 62.6 Å². The molecule has 6 rings (SSSR count). The van der Waals surface area contributed by atoms with Crippen molar-refractivity contribution < 1.29 is 40.0 Å². The van der Waals surface area contributed by atoms with Gasteiger partial charge in [0.15, 0.2) is 0 Å². The molecule has 0 aliphatic carbocycles. The predicted molar refractivity (Wildman–Crippen MR) is 223 cm³/mol. The van der Waals surface area contributed by atoms with Crippen LogP contribution in [0.4, 0.5) is 11.4 Å². The van der Waals surface area contributed by atoms with Gasteiger partial charge in [-0.15, -0.1) is 0 Å². The molecule has 0 radical (unpaired) electrons. The summed E-state index contributed by atoms with van der Waals surface area (Å²) in [5.74, 6) is -1.59. The van der Waals surface area contributed by atoms with Gasteiger partial charge < -0.3 is 25.0 Å². The number of nitrogens with two attached hydrogens (primary N) is 2. The number of carbonyl (C=O) groups excluding carboxylic acids is 2. The highest BCUT2D eigenvalue weighted by molar-refractivity contribution is 7.91. The van der Waals surface area contributed by atoms with Crippen molar-refractivity contribution in [3.8, 4) is 11.5 Å². The second-order valence-corrected chi connectivity index (χ2v) is 17.1. The minimum atomic E-state index is -3.83. The molecule has 6 aromatic rings. The number of ether oxygens (including phenoxy) is 1. The van der Waals surface area contributed by atoms with E-state index in [0.717, 1.165) is 0 Å². The van der Waals surface area contributed by atoms with Gasteiger partial charge in [-0.3, -0.25) is 19.0 Å². The highest BCUT2D eigenvalue weighted by atomic mass is 35.5. The predicted octanol–water partition coefficient (Wildman–Crippen LogP) is 3.99. The van der Waals surface area contributed by atoms with Crippen LogP contribution in [-0.2, 0) is 55.7 Å². The Morgan fingerprint density at radius 2 is 1.02 bits per heavy atom. The zero-order valence-electron chi connectivity index (χ0n) is 31.0. The lowest BCUT2D eigenvalue weighted by Gasteiger charge is -2.16. The van der Waals surface area contributed by atoms with E-state index in [0.29, 0.717) is 11.1 Å². The number of rotatable bonds is 16. The van der Waals surface area contributed by atoms with Gasteiger partial charge in [0.2, 0.25) is 11.8 Å². The summed E-state index contributed by atoms with van der Waals surface area (Å²) in [7, 11) is -5.16. The highest BCUT2D eigenvalue weighted by Gasteiger charge is 2.23. The average molecular weight is 886 g/mol. The molecule has 59 heavy (non-hydrogen) atoms. The molecule has 17 nitrogen and oxygen atoms in total. The normalized spacial score (nSPS) is 11.8. The summed E-state index contributed by atoms with van der Waals surface area (Å²) >= 11 is 13.4. The zero-order chi connectivity index (χ0) is 42.8. The Kier molecular flexibility index (Phi) is 12.4. The van der Waals surface area contributed by atoms with Crippen molar-refractivity contribution in [3.63, 3.8) is 0 Å². The van der Waals surface area contributed by atoms with Crippen LogP contribution < -0.4 is 46.3 Å². The Hall–Kier alpha value is -5.96. The van der Waals surface area contributed by atoms with Crippen LogP contribution in [0.3, 0.4) is 0 Å². The van der Waals surface area contributed by atoms with Crippen LogP contribution in [0.5, 0.6) is 11.5 Å². The van der Waals surface area contributed by atoms with Crippen LogP contribution in [0.1, 0.15) is 33.4 Å². The number of primary amides is 2. The first-order valence-electron chi connectivity index (χ1n) is 17.3. The average Bonchev–Trinajstić information content (AvgIpc) is 3.15. The SMILES string of the molecule is CNS(=O)(=O)Nc1cccc(Cc2c(CC(N)=O)c3cc(Cl)c(Oc4cc5oc(=O)c(Cc6cccc(NS(=O)(=O)NC)c6)c(CC(N)=O)c5cc4Cl)cc3oc2=O)c1. The van der Waals surface area contributed by atoms with Gasteiger partial charge in [-0.2, -0.15) is 16.8 Å². The van der Waals surface area contributed by atoms with E-state index in [2.05, 4.69) is 18.9 Å². The smallest absolute Gasteiger partial charge is 0.340 e. The minimum absolute atomic E-state index is 0.00638. The third-order valence-electron chi connectivity index (χ3n) is 8.92. The largest absolute Gasteiger partial charge is 0.454 e. The van der Waals surface area contributed by atoms with Gasteiger partial charge >= 0.3 is 11.3 Å². The molecule has 0 fully saturated rings. The lowest BCUT2D eigenvalue weighted by atomic mass is 9.96. The standard InChI is InChI=1S/C38H34Cl2N6O11S2/c1-43-58(51,52)45-21-7-3-5-19(9-21)11-27-23(15-35(41)47)25-13-29(39)33(17-31(25)56-37(27)49)55-34-18-32-26(14-30(34)40)24(16-36(42)48)28(38(50)57-32)12-20-6-4-8-22(10-20)46-59(53,54)44-2/h3-10,13-14,17-18,43-46H,11-12,15-16H2,1-2H3,(H2,41,47)(H2,42,48). The number of fused-ring (bicyclic) bond motifs is 2. The van der Waals surface area contributed by atoms with Gasteiger partial charge in [0, 0.05) is 61.0 Å². The molecule has 0 atom stereocenters. The van der Waals surface area contributed by atoms with E-state index in [4.69, 9.17) is 48.2 Å². The summed E-state index contributed by atoms with van der Waals surface area (Å²) < 4.78 is 74.5. The van der Waals surface area contributed by atoms with Crippen LogP contribution in [0.25, 0.3) is 21.9 Å². The molecular weight excluding hydrogens is 851 g/mol. The lowest BCUT2D eigenvalue weighted by Crippen LogP contribution is -2.26. The summed E-state index contributed by atoms with van der Waals surface area (Å²) in [4.78, 5) is 51.5. The molecule has 0 aliphatic rings. The Bertz CT molecular complexity index is 2830. The van der Waals surface area contributed by atoms with Gasteiger partial charge in [0.1, 0.15) is 22.7 Å². The van der Waals surface area contributed by atoms with Crippen LogP contribution in [0.2, 0.25) is 10.0 Å². The first kappa shape index (κ1) is 42.6. The van der Waals surface area contributed by atoms with Crippen molar-refractivity contribution in [2.75, 3.05) is 23.5 Å². The van der Waals surface area contributed by atoms with Crippen molar-refractivity contribution in [3.05, 3.63) is 137 Å². The van der Waals surface area contributed by atoms with Crippen molar-refractivity contribution in [1.29, 1.82) is 0 Å². The number of hydrogen-bond donors (Lipinski definition) is 6. The monoisotopic (exact) mass is 884 g/mol. The molecule has 0 bridgehead atoms. The highest BCUT2D eigenvalue weighted by Crippen LogP contribution is 2.40. The topological polar surface area (TPSA) is 272 Å². The fourth-order valence-corrected chi connectivity index (χ4v) is 7.78. The minimum Gasteiger partial charge on any atom is -0.454 e. The van der Waals surface area contributed by atoms with E-state index in [-0.39, 0.29) is 103 Å². The Labute approximate surface area is 346 Å². The molecule has 2 aromatic heterocycles. The first-order valence-corrected chi connectivity index (χ1v) is 21.0. The maximum Gasteiger partial charge on any atom is 0.340 e. The number of anilines is 2. The molecule has 0 saturated heterocycles. The van der Waals surface area contributed by atoms with Gasteiger partial charge in [0.25, 0.3) is 20.4 Å². The number of halogens is 2. The van der Waals surface area contributed by atoms with Gasteiger partial charge in [-0.05, 0) is 58.7 Å². The summed E-state index contributed by atoms with van der Waals surface area (Å²) in [5, 5.41) is 0.528. The Balaban J connectivity index is 1.37. The maximum atomic E-state index is 13.5. The molecule has 2 heterocycles. The van der Waals surface area contributed by atoms with Gasteiger partial charge in [0.05, 0.1) is 34.3 Å². The fourth-order valence-electron chi connectivity index (χ4n) is 6.30. The number of benzene rings is 4.